The third-order valence-electron chi connectivity index (χ3n) is 7.04. The van der Waals surface area contributed by atoms with Gasteiger partial charge in [0.15, 0.2) is 16.6 Å². The number of hydrogen-bond donors (Lipinski definition) is 4. The fourth-order valence-corrected chi connectivity index (χ4v) is 5.48. The molecule has 1 fully saturated rings. The van der Waals surface area contributed by atoms with Crippen LogP contribution in [0.25, 0.3) is 11.1 Å². The molecule has 0 bridgehead atoms. The van der Waals surface area contributed by atoms with Crippen molar-refractivity contribution >= 4 is 56.1 Å². The van der Waals surface area contributed by atoms with Gasteiger partial charge in [0, 0.05) is 24.5 Å². The Balaban J connectivity index is 1.43. The fourth-order valence-electron chi connectivity index (χ4n) is 4.49. The summed E-state index contributed by atoms with van der Waals surface area (Å²) in [6, 6.07) is 10.6. The molecular weight excluding hydrogens is 658 g/mol. The molecular formula is C28H32N7O10S2-. The maximum absolute atomic E-state index is 13.3. The molecule has 0 aliphatic carbocycles. The average molecular weight is 691 g/mol. The third-order valence-corrected chi connectivity index (χ3v) is 8.05. The van der Waals surface area contributed by atoms with Gasteiger partial charge in [-0.25, -0.2) is 23.2 Å². The van der Waals surface area contributed by atoms with Crippen LogP contribution in [0.2, 0.25) is 0 Å². The number of nitrogens with two attached hydrogens (primary N) is 2. The fraction of sp³-hybridized carbons (Fsp3) is 0.357. The van der Waals surface area contributed by atoms with Gasteiger partial charge in [0.2, 0.25) is 10.4 Å². The standard InChI is InChI=1S/C28H33N7O10S2/c1-28(2)19(25(37)35(28)45-47(40,41)42)13-21(36)24(20-15-46-27(30)33-20)34-44-22(26(38)39)14-43-18-6-4-16(5-7-18)17-8-11-32-23(12-17)31-10-3-9-29/h4-8,11-12,15,19,22H,3,9-10,13-14,29H2,1-2H3,(H2,30,33)(H,31,32)(H,38,39)(H,40,41,42)/p-1/b34-24-/t19-,22+/m1/s1. The van der Waals surface area contributed by atoms with Crippen LogP contribution in [0.3, 0.4) is 0 Å². The Bertz CT molecular complexity index is 1750. The topological polar surface area (TPSA) is 262 Å². The summed E-state index contributed by atoms with van der Waals surface area (Å²) < 4.78 is 42.8. The molecule has 4 rings (SSSR count). The highest BCUT2D eigenvalue weighted by Gasteiger charge is 2.57. The molecule has 1 aliphatic heterocycles. The van der Waals surface area contributed by atoms with E-state index < -0.39 is 64.4 Å². The quantitative estimate of drug-likeness (QED) is 0.0389. The number of nitrogens with one attached hydrogen (secondary N) is 1. The number of aliphatic carboxylic acids is 1. The minimum Gasteiger partial charge on any atom is -0.724 e. The number of carboxylic acid groups (broad SMARTS) is 1. The molecule has 0 unspecified atom stereocenters. The number of pyridine rings is 1. The second-order valence-corrected chi connectivity index (χ2v) is 12.6. The van der Waals surface area contributed by atoms with Crippen LogP contribution in [0.15, 0.2) is 53.1 Å². The zero-order valence-electron chi connectivity index (χ0n) is 25.2. The van der Waals surface area contributed by atoms with E-state index in [2.05, 4.69) is 24.7 Å². The first kappa shape index (κ1) is 35.2. The molecule has 0 spiro atoms. The van der Waals surface area contributed by atoms with Gasteiger partial charge in [-0.2, -0.15) is 9.35 Å². The number of β-lactam (4-membered cyclic amide) rings is 1. The number of Topliss-reactive ketones (excluding diaryl/α,β-unsaturated/α-hetero) is 1. The predicted octanol–water partition coefficient (Wildman–Crippen LogP) is 1.39. The van der Waals surface area contributed by atoms with Crippen molar-refractivity contribution in [1.82, 2.24) is 15.0 Å². The van der Waals surface area contributed by atoms with Crippen molar-refractivity contribution in [3.05, 3.63) is 53.7 Å². The average Bonchev–Trinajstić information content (AvgIpc) is 3.45. The number of rotatable bonds is 17. The molecule has 0 radical (unpaired) electrons. The van der Waals surface area contributed by atoms with Gasteiger partial charge in [-0.3, -0.25) is 9.59 Å². The molecule has 0 saturated carbocycles. The van der Waals surface area contributed by atoms with Crippen LogP contribution in [0.1, 0.15) is 32.4 Å². The number of oxime groups is 1. The second kappa shape index (κ2) is 14.8. The summed E-state index contributed by atoms with van der Waals surface area (Å²) in [6.45, 7) is 3.55. The van der Waals surface area contributed by atoms with Crippen molar-refractivity contribution in [2.24, 2.45) is 16.8 Å². The number of ether oxygens (including phenoxy) is 1. The van der Waals surface area contributed by atoms with Gasteiger partial charge >= 0.3 is 5.97 Å². The molecule has 252 valence electrons. The molecule has 2 aromatic heterocycles. The van der Waals surface area contributed by atoms with Crippen molar-refractivity contribution in [1.29, 1.82) is 0 Å². The zero-order valence-corrected chi connectivity index (χ0v) is 26.8. The van der Waals surface area contributed by atoms with Crippen molar-refractivity contribution in [2.75, 3.05) is 30.7 Å². The van der Waals surface area contributed by atoms with E-state index in [0.29, 0.717) is 29.7 Å². The molecule has 1 aliphatic rings. The Hall–Kier alpha value is -4.69. The van der Waals surface area contributed by atoms with Crippen LogP contribution in [0.4, 0.5) is 10.9 Å². The van der Waals surface area contributed by atoms with Gasteiger partial charge in [0.05, 0.1) is 11.5 Å². The Morgan fingerprint density at radius 3 is 2.55 bits per heavy atom. The van der Waals surface area contributed by atoms with E-state index in [1.807, 2.05) is 12.1 Å². The van der Waals surface area contributed by atoms with Crippen LogP contribution in [-0.2, 0) is 33.9 Å². The van der Waals surface area contributed by atoms with Crippen molar-refractivity contribution < 1.29 is 46.3 Å². The Morgan fingerprint density at radius 1 is 1.23 bits per heavy atom. The van der Waals surface area contributed by atoms with Crippen molar-refractivity contribution in [3.63, 3.8) is 0 Å². The summed E-state index contributed by atoms with van der Waals surface area (Å²) in [5.74, 6) is -3.23. The number of hydrogen-bond acceptors (Lipinski definition) is 16. The first-order valence-corrected chi connectivity index (χ1v) is 16.2. The van der Waals surface area contributed by atoms with Gasteiger partial charge in [-0.05, 0) is 62.2 Å². The van der Waals surface area contributed by atoms with Gasteiger partial charge in [-0.15, -0.1) is 11.3 Å². The molecule has 1 saturated heterocycles. The van der Waals surface area contributed by atoms with Gasteiger partial charge in [-0.1, -0.05) is 17.3 Å². The minimum atomic E-state index is -5.24. The normalized spacial score (nSPS) is 16.7. The molecule has 2 atom stereocenters. The van der Waals surface area contributed by atoms with Crippen LogP contribution >= 0.6 is 11.3 Å². The number of benzene rings is 1. The zero-order chi connectivity index (χ0) is 34.4. The summed E-state index contributed by atoms with van der Waals surface area (Å²) in [6.07, 6.45) is 0.293. The van der Waals surface area contributed by atoms with Gasteiger partial charge in [0.25, 0.3) is 12.0 Å². The highest BCUT2D eigenvalue weighted by atomic mass is 32.3. The Morgan fingerprint density at radius 2 is 1.96 bits per heavy atom. The summed E-state index contributed by atoms with van der Waals surface area (Å²) in [4.78, 5) is 51.3. The number of ketones is 1. The van der Waals surface area contributed by atoms with Crippen molar-refractivity contribution in [3.8, 4) is 16.9 Å². The predicted molar refractivity (Wildman–Crippen MR) is 168 cm³/mol. The molecule has 47 heavy (non-hydrogen) atoms. The smallest absolute Gasteiger partial charge is 0.351 e. The van der Waals surface area contributed by atoms with Gasteiger partial charge < -0.3 is 36.0 Å². The molecule has 1 amide bonds. The van der Waals surface area contributed by atoms with Crippen LogP contribution in [0, 0.1) is 5.92 Å². The Labute approximate surface area is 273 Å². The lowest BCUT2D eigenvalue weighted by Crippen LogP contribution is -2.68. The summed E-state index contributed by atoms with van der Waals surface area (Å²) in [7, 11) is -5.24. The lowest BCUT2D eigenvalue weighted by atomic mass is 9.74. The number of carbonyl (C=O) groups is 3. The van der Waals surface area contributed by atoms with E-state index >= 15 is 0 Å². The molecule has 6 N–H and O–H groups in total. The van der Waals surface area contributed by atoms with Crippen LogP contribution in [0.5, 0.6) is 5.75 Å². The molecule has 17 nitrogen and oxygen atoms in total. The summed E-state index contributed by atoms with van der Waals surface area (Å²) in [5.41, 5.74) is 11.2. The SMILES string of the molecule is CC1(C)[C@H](CC(=O)/C(=N\O[C@@H](COc2ccc(-c3ccnc(NCCCN)c3)cc2)C(=O)O)c2csc(N)n2)C(=O)N1OS(=O)(=O)[O-]. The number of aromatic nitrogens is 2. The molecule has 3 aromatic rings. The highest BCUT2D eigenvalue weighted by Crippen LogP contribution is 2.40. The number of anilines is 2. The van der Waals surface area contributed by atoms with E-state index in [9.17, 15) is 32.5 Å². The van der Waals surface area contributed by atoms with E-state index in [4.69, 9.17) is 21.0 Å². The Kier molecular flexibility index (Phi) is 11.1. The van der Waals surface area contributed by atoms with E-state index in [1.54, 1.807) is 30.5 Å². The first-order valence-electron chi connectivity index (χ1n) is 14.0. The monoisotopic (exact) mass is 690 g/mol. The van der Waals surface area contributed by atoms with Crippen LogP contribution in [-0.4, -0.2) is 87.8 Å². The van der Waals surface area contributed by atoms with Crippen LogP contribution < -0.4 is 21.5 Å². The maximum atomic E-state index is 13.3. The molecule has 3 heterocycles. The number of thiazole rings is 1. The maximum Gasteiger partial charge on any atom is 0.351 e. The highest BCUT2D eigenvalue weighted by molar-refractivity contribution is 7.80. The second-order valence-electron chi connectivity index (χ2n) is 10.7. The summed E-state index contributed by atoms with van der Waals surface area (Å²) in [5, 5.41) is 18.5. The van der Waals surface area contributed by atoms with E-state index in [1.165, 1.54) is 19.2 Å². The van der Waals surface area contributed by atoms with E-state index in [0.717, 1.165) is 28.9 Å². The minimum absolute atomic E-state index is 0.0354. The first-order chi connectivity index (χ1) is 22.2. The number of nitrogen functional groups attached to an aromatic ring is 1. The molecule has 19 heteroatoms. The number of nitrogens with zero attached hydrogens (tertiary/aromatic N) is 4. The van der Waals surface area contributed by atoms with Crippen molar-refractivity contribution in [2.45, 2.75) is 38.3 Å². The lowest BCUT2D eigenvalue weighted by Gasteiger charge is -2.51. The number of amides is 1. The lowest BCUT2D eigenvalue weighted by molar-refractivity contribution is -0.228. The number of carboxylic acids is 1. The number of hydroxylamine groups is 2. The third kappa shape index (κ3) is 8.98. The van der Waals surface area contributed by atoms with E-state index in [-0.39, 0.29) is 10.8 Å². The largest absolute Gasteiger partial charge is 0.724 e. The molecule has 1 aromatic carbocycles. The van der Waals surface area contributed by atoms with Gasteiger partial charge in [0.1, 0.15) is 23.9 Å². The number of carbonyl (C=O) groups excluding carboxylic acids is 2. The summed E-state index contributed by atoms with van der Waals surface area (Å²) >= 11 is 0.977.